The van der Waals surface area contributed by atoms with Crippen molar-refractivity contribution in [3.8, 4) is 5.75 Å². The van der Waals surface area contributed by atoms with Crippen LogP contribution in [0.5, 0.6) is 5.75 Å². The number of nitro groups is 1. The van der Waals surface area contributed by atoms with E-state index in [1.165, 1.54) is 12.1 Å². The third-order valence-electron chi connectivity index (χ3n) is 3.93. The number of amides is 1. The molecule has 0 unspecified atom stereocenters. The first kappa shape index (κ1) is 18.4. The maximum absolute atomic E-state index is 12.4. The fourth-order valence-electron chi connectivity index (χ4n) is 2.34. The lowest BCUT2D eigenvalue weighted by atomic mass is 10.1. The fourth-order valence-corrected chi connectivity index (χ4v) is 2.34. The van der Waals surface area contributed by atoms with E-state index in [0.717, 1.165) is 11.3 Å². The normalized spacial score (nSPS) is 11.8. The Morgan fingerprint density at radius 1 is 1.28 bits per heavy atom. The number of nitro benzene ring substituents is 1. The Labute approximate surface area is 146 Å². The zero-order valence-corrected chi connectivity index (χ0v) is 14.4. The first-order valence-corrected chi connectivity index (χ1v) is 7.79. The van der Waals surface area contributed by atoms with E-state index in [-0.39, 0.29) is 11.6 Å². The van der Waals surface area contributed by atoms with Gasteiger partial charge in [0.2, 0.25) is 5.91 Å². The zero-order valence-electron chi connectivity index (χ0n) is 14.4. The van der Waals surface area contributed by atoms with Crippen LogP contribution in [0.25, 0.3) is 0 Å². The molecule has 0 fully saturated rings. The summed E-state index contributed by atoms with van der Waals surface area (Å²) in [6, 6.07) is 13.1. The highest BCUT2D eigenvalue weighted by Crippen LogP contribution is 2.18. The van der Waals surface area contributed by atoms with Crippen LogP contribution in [0.2, 0.25) is 0 Å². The number of benzene rings is 2. The molecule has 0 heterocycles. The van der Waals surface area contributed by atoms with Crippen LogP contribution >= 0.6 is 0 Å². The second-order valence-corrected chi connectivity index (χ2v) is 5.74. The second-order valence-electron chi connectivity index (χ2n) is 5.74. The number of nitrogens with one attached hydrogen (secondary N) is 1. The number of non-ortho nitro benzene ring substituents is 1. The number of hydrogen-bond donors (Lipinski definition) is 1. The number of nitrogens with zero attached hydrogens (tertiary/aromatic N) is 2. The van der Waals surface area contributed by atoms with Crippen molar-refractivity contribution in [2.24, 2.45) is 0 Å². The Kier molecular flexibility index (Phi) is 6.08. The molecule has 1 N–H and O–H groups in total. The van der Waals surface area contributed by atoms with Gasteiger partial charge in [0, 0.05) is 24.4 Å². The Balaban J connectivity index is 2.01. The summed E-state index contributed by atoms with van der Waals surface area (Å²) in [5, 5.41) is 13.5. The van der Waals surface area contributed by atoms with Crippen LogP contribution in [-0.2, 0) is 11.3 Å². The van der Waals surface area contributed by atoms with Crippen molar-refractivity contribution in [3.63, 3.8) is 0 Å². The molecule has 0 aromatic heterocycles. The Morgan fingerprint density at radius 2 is 2.00 bits per heavy atom. The largest absolute Gasteiger partial charge is 0.497 e. The Bertz CT molecular complexity index is 763. The second kappa shape index (κ2) is 8.25. The lowest BCUT2D eigenvalue weighted by Gasteiger charge is -2.24. The predicted octanol–water partition coefficient (Wildman–Crippen LogP) is 3.06. The van der Waals surface area contributed by atoms with Gasteiger partial charge in [0.1, 0.15) is 5.75 Å². The van der Waals surface area contributed by atoms with Crippen LogP contribution in [0.1, 0.15) is 12.5 Å². The van der Waals surface area contributed by atoms with Crippen LogP contribution in [0.3, 0.4) is 0 Å². The minimum atomic E-state index is -0.492. The topological polar surface area (TPSA) is 84.7 Å². The van der Waals surface area contributed by atoms with Crippen molar-refractivity contribution in [2.75, 3.05) is 19.5 Å². The van der Waals surface area contributed by atoms with Crippen LogP contribution in [0, 0.1) is 10.1 Å². The lowest BCUT2D eigenvalue weighted by Crippen LogP contribution is -2.39. The van der Waals surface area contributed by atoms with E-state index in [9.17, 15) is 14.9 Å². The van der Waals surface area contributed by atoms with Gasteiger partial charge in [-0.15, -0.1) is 0 Å². The molecule has 7 nitrogen and oxygen atoms in total. The number of rotatable bonds is 7. The molecule has 1 amide bonds. The summed E-state index contributed by atoms with van der Waals surface area (Å²) < 4.78 is 5.20. The summed E-state index contributed by atoms with van der Waals surface area (Å²) in [5.41, 5.74) is 1.37. The molecule has 7 heteroatoms. The summed E-state index contributed by atoms with van der Waals surface area (Å²) in [7, 11) is 3.45. The third-order valence-corrected chi connectivity index (χ3v) is 3.93. The molecule has 0 saturated heterocycles. The van der Waals surface area contributed by atoms with Crippen LogP contribution in [0.4, 0.5) is 11.4 Å². The molecule has 2 aromatic carbocycles. The standard InChI is InChI=1S/C18H21N3O4/c1-13(20(2)12-14-6-4-9-17(10-14)25-3)18(22)19-15-7-5-8-16(11-15)21(23)24/h4-11,13H,12H2,1-3H3,(H,19,22)/t13-/m1/s1. The molecule has 0 saturated carbocycles. The smallest absolute Gasteiger partial charge is 0.271 e. The van der Waals surface area contributed by atoms with Gasteiger partial charge < -0.3 is 10.1 Å². The number of carbonyl (C=O) groups excluding carboxylic acids is 1. The first-order valence-electron chi connectivity index (χ1n) is 7.79. The highest BCUT2D eigenvalue weighted by atomic mass is 16.6. The average molecular weight is 343 g/mol. The van der Waals surface area contributed by atoms with Gasteiger partial charge in [0.15, 0.2) is 0 Å². The molecule has 0 bridgehead atoms. The molecule has 25 heavy (non-hydrogen) atoms. The molecule has 2 aromatic rings. The highest BCUT2D eigenvalue weighted by Gasteiger charge is 2.19. The molecule has 1 atom stereocenters. The van der Waals surface area contributed by atoms with E-state index in [4.69, 9.17) is 4.74 Å². The van der Waals surface area contributed by atoms with Gasteiger partial charge >= 0.3 is 0 Å². The van der Waals surface area contributed by atoms with Gasteiger partial charge in [0.25, 0.3) is 5.69 Å². The number of carbonyl (C=O) groups is 1. The first-order chi connectivity index (χ1) is 11.9. The summed E-state index contributed by atoms with van der Waals surface area (Å²) in [6.07, 6.45) is 0. The monoisotopic (exact) mass is 343 g/mol. The minimum absolute atomic E-state index is 0.0600. The molecule has 0 aliphatic carbocycles. The number of likely N-dealkylation sites (N-methyl/N-ethyl adjacent to an activating group) is 1. The zero-order chi connectivity index (χ0) is 18.4. The summed E-state index contributed by atoms with van der Waals surface area (Å²) in [6.45, 7) is 2.35. The van der Waals surface area contributed by atoms with E-state index in [1.54, 1.807) is 26.2 Å². The van der Waals surface area contributed by atoms with Crippen molar-refractivity contribution in [3.05, 3.63) is 64.2 Å². The molecule has 0 aliphatic rings. The number of anilines is 1. The molecule has 0 radical (unpaired) electrons. The Morgan fingerprint density at radius 3 is 2.68 bits per heavy atom. The number of ether oxygens (including phenoxy) is 1. The van der Waals surface area contributed by atoms with E-state index in [0.29, 0.717) is 12.2 Å². The van der Waals surface area contributed by atoms with Crippen molar-refractivity contribution in [1.29, 1.82) is 0 Å². The molecule has 0 spiro atoms. The van der Waals surface area contributed by atoms with Crippen molar-refractivity contribution >= 4 is 17.3 Å². The van der Waals surface area contributed by atoms with Gasteiger partial charge in [-0.1, -0.05) is 18.2 Å². The van der Waals surface area contributed by atoms with Gasteiger partial charge in [-0.05, 0) is 37.7 Å². The van der Waals surface area contributed by atoms with Crippen LogP contribution in [-0.4, -0.2) is 35.9 Å². The van der Waals surface area contributed by atoms with Gasteiger partial charge in [-0.25, -0.2) is 0 Å². The predicted molar refractivity (Wildman–Crippen MR) is 95.6 cm³/mol. The average Bonchev–Trinajstić information content (AvgIpc) is 2.61. The third kappa shape index (κ3) is 5.02. The van der Waals surface area contributed by atoms with Gasteiger partial charge in [-0.3, -0.25) is 19.8 Å². The molecule has 2 rings (SSSR count). The maximum atomic E-state index is 12.4. The SMILES string of the molecule is COc1cccc(CN(C)[C@H](C)C(=O)Nc2cccc([N+](=O)[O-])c2)c1. The maximum Gasteiger partial charge on any atom is 0.271 e. The van der Waals surface area contributed by atoms with E-state index in [2.05, 4.69) is 5.32 Å². The summed E-state index contributed by atoms with van der Waals surface area (Å²) >= 11 is 0. The van der Waals surface area contributed by atoms with Crippen molar-refractivity contribution in [1.82, 2.24) is 4.90 Å². The van der Waals surface area contributed by atoms with Crippen LogP contribution < -0.4 is 10.1 Å². The fraction of sp³-hybridized carbons (Fsp3) is 0.278. The Hall–Kier alpha value is -2.93. The lowest BCUT2D eigenvalue weighted by molar-refractivity contribution is -0.384. The molecular weight excluding hydrogens is 322 g/mol. The molecular formula is C18H21N3O4. The molecule has 0 aliphatic heterocycles. The highest BCUT2D eigenvalue weighted by molar-refractivity contribution is 5.94. The minimum Gasteiger partial charge on any atom is -0.497 e. The molecule has 132 valence electrons. The van der Waals surface area contributed by atoms with Crippen LogP contribution in [0.15, 0.2) is 48.5 Å². The summed E-state index contributed by atoms with van der Waals surface area (Å²) in [4.78, 5) is 24.6. The van der Waals surface area contributed by atoms with Gasteiger partial charge in [-0.2, -0.15) is 0 Å². The van der Waals surface area contributed by atoms with E-state index >= 15 is 0 Å². The van der Waals surface area contributed by atoms with E-state index < -0.39 is 11.0 Å². The van der Waals surface area contributed by atoms with Crippen molar-refractivity contribution in [2.45, 2.75) is 19.5 Å². The number of hydrogen-bond acceptors (Lipinski definition) is 5. The number of methoxy groups -OCH3 is 1. The van der Waals surface area contributed by atoms with E-state index in [1.807, 2.05) is 36.2 Å². The van der Waals surface area contributed by atoms with Gasteiger partial charge in [0.05, 0.1) is 18.1 Å². The summed E-state index contributed by atoms with van der Waals surface area (Å²) in [5.74, 6) is 0.533. The van der Waals surface area contributed by atoms with Crippen molar-refractivity contribution < 1.29 is 14.5 Å². The quantitative estimate of drug-likeness (QED) is 0.617.